The van der Waals surface area contributed by atoms with Gasteiger partial charge in [0.2, 0.25) is 11.7 Å². The van der Waals surface area contributed by atoms with E-state index in [0.29, 0.717) is 29.4 Å². The molecule has 6 heteroatoms. The number of amides is 1. The molecule has 1 heterocycles. The summed E-state index contributed by atoms with van der Waals surface area (Å²) < 4.78 is 21.5. The highest BCUT2D eigenvalue weighted by atomic mass is 16.5. The van der Waals surface area contributed by atoms with Gasteiger partial charge in [-0.25, -0.2) is 0 Å². The highest BCUT2D eigenvalue weighted by Crippen LogP contribution is 2.45. The van der Waals surface area contributed by atoms with Crippen molar-refractivity contribution < 1.29 is 23.7 Å². The summed E-state index contributed by atoms with van der Waals surface area (Å²) in [5.41, 5.74) is 2.71. The average Bonchev–Trinajstić information content (AvgIpc) is 2.65. The molecule has 1 atom stereocenters. The minimum absolute atomic E-state index is 0.0421. The maximum absolute atomic E-state index is 12.2. The molecule has 2 aromatic carbocycles. The van der Waals surface area contributed by atoms with E-state index >= 15 is 0 Å². The van der Waals surface area contributed by atoms with Gasteiger partial charge in [-0.2, -0.15) is 0 Å². The van der Waals surface area contributed by atoms with Gasteiger partial charge < -0.3 is 24.3 Å². The summed E-state index contributed by atoms with van der Waals surface area (Å²) in [5.74, 6) is 2.22. The minimum Gasteiger partial charge on any atom is -0.497 e. The van der Waals surface area contributed by atoms with Crippen molar-refractivity contribution in [2.45, 2.75) is 12.3 Å². The van der Waals surface area contributed by atoms with E-state index in [2.05, 4.69) is 5.32 Å². The van der Waals surface area contributed by atoms with Crippen LogP contribution < -0.4 is 24.3 Å². The number of ether oxygens (including phenoxy) is 4. The molecular weight excluding hydrogens is 322 g/mol. The Labute approximate surface area is 146 Å². The van der Waals surface area contributed by atoms with Gasteiger partial charge in [0, 0.05) is 24.1 Å². The van der Waals surface area contributed by atoms with Gasteiger partial charge in [0.05, 0.1) is 28.4 Å². The van der Waals surface area contributed by atoms with Gasteiger partial charge in [-0.3, -0.25) is 4.79 Å². The summed E-state index contributed by atoms with van der Waals surface area (Å²) in [7, 11) is 6.32. The third kappa shape index (κ3) is 3.07. The summed E-state index contributed by atoms with van der Waals surface area (Å²) in [6, 6.07) is 9.47. The lowest BCUT2D eigenvalue weighted by Crippen LogP contribution is -2.23. The van der Waals surface area contributed by atoms with Crippen LogP contribution in [0, 0.1) is 0 Å². The van der Waals surface area contributed by atoms with Crippen LogP contribution in [0.1, 0.15) is 23.5 Å². The minimum atomic E-state index is -0.108. The fourth-order valence-electron chi connectivity index (χ4n) is 3.17. The molecule has 0 aromatic heterocycles. The Kier molecular flexibility index (Phi) is 4.70. The number of rotatable bonds is 5. The lowest BCUT2D eigenvalue weighted by Gasteiger charge is -2.27. The number of methoxy groups -OCH3 is 4. The number of hydrogen-bond acceptors (Lipinski definition) is 5. The summed E-state index contributed by atoms with van der Waals surface area (Å²) in [6.07, 6.45) is 0.345. The van der Waals surface area contributed by atoms with E-state index in [9.17, 15) is 4.79 Å². The molecule has 1 amide bonds. The van der Waals surface area contributed by atoms with E-state index in [1.165, 1.54) is 0 Å². The largest absolute Gasteiger partial charge is 0.497 e. The van der Waals surface area contributed by atoms with Crippen LogP contribution in [-0.4, -0.2) is 34.3 Å². The fraction of sp³-hybridized carbons (Fsp3) is 0.316. The first-order chi connectivity index (χ1) is 12.1. The predicted octanol–water partition coefficient (Wildman–Crippen LogP) is 3.20. The molecule has 0 bridgehead atoms. The number of fused-ring (bicyclic) bond motifs is 1. The smallest absolute Gasteiger partial charge is 0.225 e. The predicted molar refractivity (Wildman–Crippen MR) is 94.2 cm³/mol. The second-order valence-electron chi connectivity index (χ2n) is 5.72. The first-order valence-corrected chi connectivity index (χ1v) is 7.89. The fourth-order valence-corrected chi connectivity index (χ4v) is 3.17. The Bertz CT molecular complexity index is 777. The topological polar surface area (TPSA) is 66.0 Å². The molecule has 3 rings (SSSR count). The maximum Gasteiger partial charge on any atom is 0.225 e. The molecule has 2 aromatic rings. The van der Waals surface area contributed by atoms with Crippen molar-refractivity contribution in [3.63, 3.8) is 0 Å². The molecule has 0 saturated heterocycles. The molecule has 0 aliphatic carbocycles. The van der Waals surface area contributed by atoms with E-state index < -0.39 is 0 Å². The zero-order valence-electron chi connectivity index (χ0n) is 14.7. The number of anilines is 1. The Morgan fingerprint density at radius 2 is 1.60 bits per heavy atom. The lowest BCUT2D eigenvalue weighted by molar-refractivity contribution is -0.116. The first-order valence-electron chi connectivity index (χ1n) is 7.89. The molecule has 1 aliphatic heterocycles. The monoisotopic (exact) mass is 343 g/mol. The first kappa shape index (κ1) is 17.0. The lowest BCUT2D eigenvalue weighted by atomic mass is 9.84. The van der Waals surface area contributed by atoms with E-state index in [4.69, 9.17) is 18.9 Å². The van der Waals surface area contributed by atoms with E-state index in [1.807, 2.05) is 30.3 Å². The maximum atomic E-state index is 12.2. The number of benzene rings is 2. The molecule has 0 spiro atoms. The molecule has 25 heavy (non-hydrogen) atoms. The average molecular weight is 343 g/mol. The summed E-state index contributed by atoms with van der Waals surface area (Å²) in [4.78, 5) is 12.2. The molecule has 0 radical (unpaired) electrons. The van der Waals surface area contributed by atoms with Gasteiger partial charge in [0.25, 0.3) is 0 Å². The Morgan fingerprint density at radius 3 is 2.16 bits per heavy atom. The van der Waals surface area contributed by atoms with Crippen molar-refractivity contribution in [2.75, 3.05) is 33.8 Å². The van der Waals surface area contributed by atoms with Crippen LogP contribution in [0.5, 0.6) is 23.0 Å². The molecule has 0 saturated carbocycles. The van der Waals surface area contributed by atoms with Gasteiger partial charge >= 0.3 is 0 Å². The Hall–Kier alpha value is -2.89. The van der Waals surface area contributed by atoms with Crippen LogP contribution >= 0.6 is 0 Å². The molecule has 0 fully saturated rings. The van der Waals surface area contributed by atoms with Crippen LogP contribution in [-0.2, 0) is 4.79 Å². The molecule has 132 valence electrons. The van der Waals surface area contributed by atoms with Crippen molar-refractivity contribution in [1.82, 2.24) is 0 Å². The highest BCUT2D eigenvalue weighted by Gasteiger charge is 2.28. The zero-order chi connectivity index (χ0) is 18.0. The van der Waals surface area contributed by atoms with Crippen LogP contribution in [0.4, 0.5) is 5.69 Å². The number of carbonyl (C=O) groups is 1. The molecular formula is C19H21NO5. The van der Waals surface area contributed by atoms with Gasteiger partial charge in [-0.15, -0.1) is 0 Å². The van der Waals surface area contributed by atoms with E-state index in [1.54, 1.807) is 28.4 Å². The molecule has 1 aliphatic rings. The van der Waals surface area contributed by atoms with Crippen molar-refractivity contribution in [1.29, 1.82) is 0 Å². The van der Waals surface area contributed by atoms with Crippen molar-refractivity contribution in [3.8, 4) is 23.0 Å². The van der Waals surface area contributed by atoms with Gasteiger partial charge in [-0.1, -0.05) is 6.07 Å². The Morgan fingerprint density at radius 1 is 0.920 bits per heavy atom. The third-order valence-electron chi connectivity index (χ3n) is 4.39. The highest BCUT2D eigenvalue weighted by molar-refractivity contribution is 5.95. The molecule has 6 nitrogen and oxygen atoms in total. The zero-order valence-corrected chi connectivity index (χ0v) is 14.7. The second-order valence-corrected chi connectivity index (χ2v) is 5.72. The second kappa shape index (κ2) is 6.93. The van der Waals surface area contributed by atoms with Crippen LogP contribution in [0.25, 0.3) is 0 Å². The van der Waals surface area contributed by atoms with Crippen LogP contribution in [0.3, 0.4) is 0 Å². The van der Waals surface area contributed by atoms with Crippen molar-refractivity contribution >= 4 is 11.6 Å². The quantitative estimate of drug-likeness (QED) is 0.903. The summed E-state index contributed by atoms with van der Waals surface area (Å²) in [5, 5.41) is 2.91. The summed E-state index contributed by atoms with van der Waals surface area (Å²) >= 11 is 0. The molecule has 1 N–H and O–H groups in total. The molecule has 1 unspecified atom stereocenters. The van der Waals surface area contributed by atoms with Crippen molar-refractivity contribution in [3.05, 3.63) is 41.5 Å². The SMILES string of the molecule is COc1ccc2c(c1)NC(=O)CC2c1cc(OC)c(OC)c(OC)c1. The van der Waals surface area contributed by atoms with Gasteiger partial charge in [0.1, 0.15) is 5.75 Å². The van der Waals surface area contributed by atoms with Crippen LogP contribution in [0.15, 0.2) is 30.3 Å². The number of carbonyl (C=O) groups excluding carboxylic acids is 1. The third-order valence-corrected chi connectivity index (χ3v) is 4.39. The standard InChI is InChI=1S/C19H21NO5/c1-22-12-5-6-13-14(10-18(21)20-15(13)9-12)11-7-16(23-2)19(25-4)17(8-11)24-3/h5-9,14H,10H2,1-4H3,(H,20,21). The normalized spacial score (nSPS) is 15.8. The van der Waals surface area contributed by atoms with E-state index in [0.717, 1.165) is 16.8 Å². The van der Waals surface area contributed by atoms with Crippen LogP contribution in [0.2, 0.25) is 0 Å². The van der Waals surface area contributed by atoms with Gasteiger partial charge in [0.15, 0.2) is 11.5 Å². The summed E-state index contributed by atoms with van der Waals surface area (Å²) in [6.45, 7) is 0. The Balaban J connectivity index is 2.12. The van der Waals surface area contributed by atoms with Crippen molar-refractivity contribution in [2.24, 2.45) is 0 Å². The van der Waals surface area contributed by atoms with E-state index in [-0.39, 0.29) is 11.8 Å². The number of nitrogens with one attached hydrogen (secondary N) is 1. The number of hydrogen-bond donors (Lipinski definition) is 1. The van der Waals surface area contributed by atoms with Gasteiger partial charge in [-0.05, 0) is 29.3 Å².